The van der Waals surface area contributed by atoms with Crippen LogP contribution in [0.1, 0.15) is 76.7 Å². The van der Waals surface area contributed by atoms with E-state index < -0.39 is 65.0 Å². The molecule has 2 aromatic rings. The van der Waals surface area contributed by atoms with Crippen LogP contribution in [-0.4, -0.2) is 105 Å². The first-order valence-corrected chi connectivity index (χ1v) is 24.6. The van der Waals surface area contributed by atoms with Crippen molar-refractivity contribution in [3.63, 3.8) is 0 Å². The molecule has 1 aliphatic carbocycles. The van der Waals surface area contributed by atoms with Crippen molar-refractivity contribution < 1.29 is 67.9 Å². The Morgan fingerprint density at radius 2 is 1.54 bits per heavy atom. The van der Waals surface area contributed by atoms with Crippen LogP contribution in [0.3, 0.4) is 0 Å². The molecule has 18 nitrogen and oxygen atoms in total. The van der Waals surface area contributed by atoms with Gasteiger partial charge in [0.05, 0.1) is 22.5 Å². The van der Waals surface area contributed by atoms with Crippen molar-refractivity contribution in [3.05, 3.63) is 94.7 Å². The van der Waals surface area contributed by atoms with Gasteiger partial charge < -0.3 is 29.1 Å². The summed E-state index contributed by atoms with van der Waals surface area (Å²) in [6.07, 6.45) is 5.45. The van der Waals surface area contributed by atoms with Gasteiger partial charge in [-0.2, -0.15) is 25.3 Å². The van der Waals surface area contributed by atoms with E-state index in [9.17, 15) is 53.9 Å². The van der Waals surface area contributed by atoms with E-state index in [1.165, 1.54) is 18.2 Å². The molecule has 5 rings (SSSR count). The van der Waals surface area contributed by atoms with Gasteiger partial charge in [-0.25, -0.2) is 9.37 Å². The first-order valence-electron chi connectivity index (χ1n) is 20.0. The predicted molar refractivity (Wildman–Crippen MR) is 234 cm³/mol. The number of aromatic hydroxyl groups is 2. The highest BCUT2D eigenvalue weighted by atomic mass is 32.2. The van der Waals surface area contributed by atoms with E-state index in [0.717, 1.165) is 28.6 Å². The lowest BCUT2D eigenvalue weighted by Crippen LogP contribution is -2.34. The third kappa shape index (κ3) is 12.6. The summed E-state index contributed by atoms with van der Waals surface area (Å²) in [5, 5.41) is 20.6. The van der Waals surface area contributed by atoms with Gasteiger partial charge in [-0.05, 0) is 85.2 Å². The van der Waals surface area contributed by atoms with Gasteiger partial charge in [0.1, 0.15) is 24.7 Å². The van der Waals surface area contributed by atoms with Crippen molar-refractivity contribution in [2.45, 2.75) is 75.5 Å². The molecule has 1 unspecified atom stereocenters. The Bertz CT molecular complexity index is 2750. The van der Waals surface area contributed by atoms with Crippen LogP contribution in [0.25, 0.3) is 17.4 Å². The molecule has 0 spiro atoms. The Hall–Kier alpha value is -5.03. The Labute approximate surface area is 366 Å². The molecule has 2 aliphatic heterocycles. The standard InChI is InChI=1S/C42H53N3O15S3/c1-41(2,3)33-27-30(59-36-26-29(13-15-32(33)36)43(22-23-58-5)20-8-24-61(49,50)51)10-6-11-37-42(4,19-7-12-40(48)60-45-38(46)17-18-39(45)47)34-28-31(63(55,56)57)14-16-35(34)44(37)21-9-25-62(52,53)54/h6,10-11,13-18,26-28H,7-9,12,19-25H2,1-5H3,(H4-,46,47,49,50,51,52,53,54,55,56,57)/p+1. The lowest BCUT2D eigenvalue weighted by atomic mass is 9.77. The highest BCUT2D eigenvalue weighted by Gasteiger charge is 2.44. The average Bonchev–Trinajstić information content (AvgIpc) is 3.61. The van der Waals surface area contributed by atoms with E-state index in [1.54, 1.807) is 30.2 Å². The molecule has 3 aliphatic rings. The molecule has 21 heteroatoms. The lowest BCUT2D eigenvalue weighted by molar-refractivity contribution is -0.145. The van der Waals surface area contributed by atoms with Crippen molar-refractivity contribution in [2.75, 3.05) is 49.8 Å². The number of benzene rings is 2. The maximum Gasteiger partial charge on any atom is 0.333 e. The summed E-state index contributed by atoms with van der Waals surface area (Å²) in [4.78, 5) is 19.4. The quantitative estimate of drug-likeness (QED) is 0.0635. The van der Waals surface area contributed by atoms with E-state index >= 15 is 0 Å². The minimum absolute atomic E-state index is 0.0276. The normalized spacial score (nSPS) is 17.2. The second-order valence-electron chi connectivity index (χ2n) is 16.5. The zero-order valence-corrected chi connectivity index (χ0v) is 38.0. The van der Waals surface area contributed by atoms with Gasteiger partial charge in [-0.15, -0.1) is 4.73 Å². The molecule has 5 N–H and O–H groups in total. The van der Waals surface area contributed by atoms with E-state index in [1.807, 2.05) is 35.8 Å². The first kappa shape index (κ1) is 49.0. The van der Waals surface area contributed by atoms with Gasteiger partial charge in [-0.3, -0.25) is 13.7 Å². The number of methoxy groups -OCH3 is 1. The van der Waals surface area contributed by atoms with Crippen LogP contribution in [0.2, 0.25) is 0 Å². The summed E-state index contributed by atoms with van der Waals surface area (Å²) in [5.41, 5.74) is 1.86. The molecule has 1 aromatic heterocycles. The molecule has 1 atom stereocenters. The lowest BCUT2D eigenvalue weighted by Gasteiger charge is -2.30. The molecule has 0 bridgehead atoms. The van der Waals surface area contributed by atoms with Crippen molar-refractivity contribution in [2.24, 2.45) is 0 Å². The van der Waals surface area contributed by atoms with Crippen LogP contribution < -0.4 is 19.7 Å². The van der Waals surface area contributed by atoms with Crippen molar-refractivity contribution in [1.29, 1.82) is 0 Å². The highest BCUT2D eigenvalue weighted by molar-refractivity contribution is 7.86. The Morgan fingerprint density at radius 1 is 0.873 bits per heavy atom. The Balaban J connectivity index is 1.60. The minimum atomic E-state index is -4.67. The van der Waals surface area contributed by atoms with Gasteiger partial charge in [0.15, 0.2) is 6.54 Å². The zero-order chi connectivity index (χ0) is 46.5. The second-order valence-corrected chi connectivity index (χ2v) is 21.0. The first-order chi connectivity index (χ1) is 29.3. The largest absolute Gasteiger partial charge is 0.492 e. The highest BCUT2D eigenvalue weighted by Crippen LogP contribution is 2.51. The summed E-state index contributed by atoms with van der Waals surface area (Å²) in [7, 11) is -11.6. The van der Waals surface area contributed by atoms with Crippen LogP contribution >= 0.6 is 0 Å². The van der Waals surface area contributed by atoms with E-state index in [-0.39, 0.29) is 49.0 Å². The number of hydrogen-bond acceptors (Lipinski definition) is 13. The van der Waals surface area contributed by atoms with E-state index in [0.29, 0.717) is 52.9 Å². The molecule has 1 aromatic carbocycles. The van der Waals surface area contributed by atoms with Crippen LogP contribution in [0.15, 0.2) is 81.8 Å². The van der Waals surface area contributed by atoms with Crippen molar-refractivity contribution >= 4 is 48.1 Å². The minimum Gasteiger partial charge on any atom is -0.492 e. The third-order valence-corrected chi connectivity index (χ3v) is 13.2. The molecule has 0 amide bonds. The molecule has 0 fully saturated rings. The molecule has 3 heterocycles. The summed E-state index contributed by atoms with van der Waals surface area (Å²) >= 11 is 0. The maximum absolute atomic E-state index is 12.9. The molecule has 0 saturated carbocycles. The predicted octanol–water partition coefficient (Wildman–Crippen LogP) is 4.62. The molecule has 0 saturated heterocycles. The van der Waals surface area contributed by atoms with Gasteiger partial charge in [0.2, 0.25) is 17.1 Å². The number of ether oxygens (including phenoxy) is 1. The Kier molecular flexibility index (Phi) is 15.1. The fourth-order valence-electron chi connectivity index (χ4n) is 7.67. The number of fused-ring (bicyclic) bond motifs is 2. The van der Waals surface area contributed by atoms with Crippen LogP contribution in [0.5, 0.6) is 11.8 Å². The fourth-order valence-corrected chi connectivity index (χ4v) is 9.16. The molecule has 63 heavy (non-hydrogen) atoms. The monoisotopic (exact) mass is 936 g/mol. The smallest absolute Gasteiger partial charge is 0.333 e. The number of nitrogens with zero attached hydrogens (tertiary/aromatic N) is 3. The maximum atomic E-state index is 12.9. The fraction of sp³-hybridized carbons (Fsp3) is 0.429. The van der Waals surface area contributed by atoms with Gasteiger partial charge in [0, 0.05) is 67.1 Å². The molecule has 0 radical (unpaired) electrons. The number of allylic oxidation sites excluding steroid dienone is 3. The van der Waals surface area contributed by atoms with Crippen LogP contribution in [0.4, 0.5) is 5.69 Å². The van der Waals surface area contributed by atoms with E-state index in [4.69, 9.17) is 14.0 Å². The van der Waals surface area contributed by atoms with E-state index in [2.05, 4.69) is 20.8 Å². The molecular weight excluding hydrogens is 883 g/mol. The van der Waals surface area contributed by atoms with Crippen molar-refractivity contribution in [3.8, 4) is 23.1 Å². The molecule has 344 valence electrons. The second kappa shape index (κ2) is 19.4. The zero-order valence-electron chi connectivity index (χ0n) is 35.6. The summed E-state index contributed by atoms with van der Waals surface area (Å²) in [6, 6.07) is 13.9. The van der Waals surface area contributed by atoms with Gasteiger partial charge in [-0.1, -0.05) is 26.8 Å². The van der Waals surface area contributed by atoms with Gasteiger partial charge in [0.25, 0.3) is 30.4 Å². The Morgan fingerprint density at radius 3 is 2.16 bits per heavy atom. The number of anilines is 1. The molecular formula is C42H54N3O15S3+. The van der Waals surface area contributed by atoms with Crippen LogP contribution in [0, 0.1) is 0 Å². The topological polar surface area (TPSA) is 263 Å². The summed E-state index contributed by atoms with van der Waals surface area (Å²) in [5.74, 6) is -1.80. The number of carbonyl (C=O) groups is 1. The SMILES string of the molecule is COCC[N+](CCCS(=O)(=O)O)=c1ccc2c(C(C)(C)C)cc(C=CC=C3N(CCCS(=O)(=O)O)c4ccc(S(=O)(=O)O)cc4C3(C)CCCC(=O)On3c(O)ccc3O)oc-2c1. The number of rotatable bonds is 19. The van der Waals surface area contributed by atoms with Gasteiger partial charge >= 0.3 is 5.97 Å². The number of aromatic nitrogens is 1. The summed E-state index contributed by atoms with van der Waals surface area (Å²) < 4.78 is 114. The average molecular weight is 937 g/mol. The number of hydrogen-bond donors (Lipinski definition) is 5. The van der Waals surface area contributed by atoms with Crippen molar-refractivity contribution in [1.82, 2.24) is 9.31 Å². The summed E-state index contributed by atoms with van der Waals surface area (Å²) in [6.45, 7) is 9.12. The van der Waals surface area contributed by atoms with Crippen LogP contribution in [-0.2, 0) is 50.7 Å². The third-order valence-electron chi connectivity index (χ3n) is 10.7. The number of carbonyl (C=O) groups excluding carboxylic acids is 1.